The van der Waals surface area contributed by atoms with Crippen molar-refractivity contribution in [1.82, 2.24) is 4.90 Å². The zero-order chi connectivity index (χ0) is 12.1. The van der Waals surface area contributed by atoms with Gasteiger partial charge in [-0.1, -0.05) is 29.8 Å². The molecule has 16 heavy (non-hydrogen) atoms. The third-order valence-electron chi connectivity index (χ3n) is 3.60. The van der Waals surface area contributed by atoms with Gasteiger partial charge in [-0.3, -0.25) is 4.79 Å². The molecule has 0 radical (unpaired) electrons. The molecule has 0 aromatic heterocycles. The van der Waals surface area contributed by atoms with Crippen LogP contribution >= 0.6 is 15.9 Å². The first-order valence-corrected chi connectivity index (χ1v) is 7.31. The van der Waals surface area contributed by atoms with Gasteiger partial charge in [0.1, 0.15) is 0 Å². The number of alkyl halides is 1. The van der Waals surface area contributed by atoms with Gasteiger partial charge in [0.05, 0.1) is 0 Å². The van der Waals surface area contributed by atoms with E-state index in [0.717, 1.165) is 31.7 Å². The summed E-state index contributed by atoms with van der Waals surface area (Å²) < 4.78 is 0. The molecule has 1 aliphatic carbocycles. The van der Waals surface area contributed by atoms with Gasteiger partial charge in [-0.2, -0.15) is 0 Å². The Balaban J connectivity index is 2.32. The Hall–Kier alpha value is -0.0500. The van der Waals surface area contributed by atoms with Crippen molar-refractivity contribution >= 4 is 21.8 Å². The predicted molar refractivity (Wildman–Crippen MR) is 71.8 cm³/mol. The predicted octanol–water partition coefficient (Wildman–Crippen LogP) is 3.44. The van der Waals surface area contributed by atoms with Gasteiger partial charge in [0, 0.05) is 24.3 Å². The summed E-state index contributed by atoms with van der Waals surface area (Å²) >= 11 is 3.52. The summed E-state index contributed by atoms with van der Waals surface area (Å²) in [5, 5.41) is 0. The van der Waals surface area contributed by atoms with E-state index in [2.05, 4.69) is 29.8 Å². The van der Waals surface area contributed by atoms with E-state index in [9.17, 15) is 4.79 Å². The first kappa shape index (κ1) is 14.0. The van der Waals surface area contributed by atoms with E-state index in [1.165, 1.54) is 12.8 Å². The largest absolute Gasteiger partial charge is 0.345 e. The highest BCUT2D eigenvalue weighted by Crippen LogP contribution is 2.29. The van der Waals surface area contributed by atoms with Crippen LogP contribution in [-0.2, 0) is 4.79 Å². The molecule has 1 aliphatic rings. The molecule has 94 valence electrons. The molecule has 1 rings (SSSR count). The fraction of sp³-hybridized carbons (Fsp3) is 0.923. The quantitative estimate of drug-likeness (QED) is 0.726. The number of rotatable bonds is 4. The molecule has 1 amide bonds. The van der Waals surface area contributed by atoms with Crippen molar-refractivity contribution in [3.63, 3.8) is 0 Å². The lowest BCUT2D eigenvalue weighted by Gasteiger charge is -2.29. The van der Waals surface area contributed by atoms with Crippen LogP contribution in [0.1, 0.15) is 46.0 Å². The lowest BCUT2D eigenvalue weighted by molar-refractivity contribution is -0.135. The summed E-state index contributed by atoms with van der Waals surface area (Å²) in [6.45, 7) is 5.29. The minimum Gasteiger partial charge on any atom is -0.345 e. The van der Waals surface area contributed by atoms with E-state index in [0.29, 0.717) is 16.7 Å². The summed E-state index contributed by atoms with van der Waals surface area (Å²) in [4.78, 5) is 14.5. The van der Waals surface area contributed by atoms with Crippen LogP contribution in [0.4, 0.5) is 0 Å². The molecular weight excluding hydrogens is 266 g/mol. The lowest BCUT2D eigenvalue weighted by Crippen LogP contribution is -2.35. The maximum absolute atomic E-state index is 12.1. The van der Waals surface area contributed by atoms with Crippen LogP contribution in [0.25, 0.3) is 0 Å². The monoisotopic (exact) mass is 289 g/mol. The molecule has 1 atom stereocenters. The number of nitrogens with zero attached hydrogens (tertiary/aromatic N) is 1. The van der Waals surface area contributed by atoms with Gasteiger partial charge in [-0.25, -0.2) is 0 Å². The molecule has 0 N–H and O–H groups in total. The molecule has 0 heterocycles. The normalized spacial score (nSPS) is 27.5. The minimum absolute atomic E-state index is 0.298. The van der Waals surface area contributed by atoms with Crippen molar-refractivity contribution in [2.24, 2.45) is 11.8 Å². The van der Waals surface area contributed by atoms with Crippen molar-refractivity contribution in [3.05, 3.63) is 0 Å². The smallest absolute Gasteiger partial charge is 0.225 e. The number of hydrogen-bond acceptors (Lipinski definition) is 1. The Labute approximate surface area is 108 Å². The molecule has 0 aromatic carbocycles. The Bertz CT molecular complexity index is 222. The third kappa shape index (κ3) is 4.44. The second-order valence-corrected chi connectivity index (χ2v) is 6.85. The average Bonchev–Trinajstić information content (AvgIpc) is 2.26. The minimum atomic E-state index is 0.298. The van der Waals surface area contributed by atoms with Gasteiger partial charge in [0.25, 0.3) is 0 Å². The van der Waals surface area contributed by atoms with Crippen molar-refractivity contribution < 1.29 is 4.79 Å². The summed E-state index contributed by atoms with van der Waals surface area (Å²) in [5.41, 5.74) is 0. The van der Waals surface area contributed by atoms with Gasteiger partial charge >= 0.3 is 0 Å². The van der Waals surface area contributed by atoms with E-state index in [1.54, 1.807) is 0 Å². The molecule has 1 saturated carbocycles. The molecule has 1 unspecified atom stereocenters. The molecule has 2 nitrogen and oxygen atoms in total. The van der Waals surface area contributed by atoms with E-state index in [1.807, 2.05) is 11.9 Å². The van der Waals surface area contributed by atoms with Gasteiger partial charge in [0.2, 0.25) is 5.91 Å². The molecule has 0 bridgehead atoms. The van der Waals surface area contributed by atoms with Gasteiger partial charge in [-0.05, 0) is 38.0 Å². The Morgan fingerprint density at radius 1 is 1.38 bits per heavy atom. The highest BCUT2D eigenvalue weighted by atomic mass is 79.9. The summed E-state index contributed by atoms with van der Waals surface area (Å²) in [5.74, 6) is 1.48. The highest BCUT2D eigenvalue weighted by molar-refractivity contribution is 9.09. The van der Waals surface area contributed by atoms with E-state index in [-0.39, 0.29) is 0 Å². The molecule has 0 aliphatic heterocycles. The summed E-state index contributed by atoms with van der Waals surface area (Å²) in [7, 11) is 1.94. The number of carbonyl (C=O) groups is 1. The van der Waals surface area contributed by atoms with Crippen LogP contribution in [0.5, 0.6) is 0 Å². The van der Waals surface area contributed by atoms with E-state index in [4.69, 9.17) is 0 Å². The van der Waals surface area contributed by atoms with Crippen LogP contribution in [0.15, 0.2) is 0 Å². The number of amides is 1. The SMILES string of the molecule is CC(Br)CCN(C)C(=O)C1CCC(C)CC1. The highest BCUT2D eigenvalue weighted by Gasteiger charge is 2.26. The second-order valence-electron chi connectivity index (χ2n) is 5.29. The molecule has 3 heteroatoms. The van der Waals surface area contributed by atoms with Crippen molar-refractivity contribution in [2.45, 2.75) is 50.8 Å². The molecule has 0 saturated heterocycles. The van der Waals surface area contributed by atoms with Gasteiger partial charge in [-0.15, -0.1) is 0 Å². The third-order valence-corrected chi connectivity index (χ3v) is 4.06. The number of hydrogen-bond donors (Lipinski definition) is 0. The number of carbonyl (C=O) groups excluding carboxylic acids is 1. The standard InChI is InChI=1S/C13H24BrNO/c1-10-4-6-12(7-5-10)13(16)15(3)9-8-11(2)14/h10-12H,4-9H2,1-3H3. The fourth-order valence-corrected chi connectivity index (χ4v) is 2.51. The average molecular weight is 290 g/mol. The molecule has 0 spiro atoms. The van der Waals surface area contributed by atoms with Crippen molar-refractivity contribution in [1.29, 1.82) is 0 Å². The molecular formula is C13H24BrNO. The maximum Gasteiger partial charge on any atom is 0.225 e. The topological polar surface area (TPSA) is 20.3 Å². The first-order valence-electron chi connectivity index (χ1n) is 6.39. The molecule has 1 fully saturated rings. The Kier molecular flexibility index (Phi) is 5.81. The first-order chi connectivity index (χ1) is 7.50. The summed E-state index contributed by atoms with van der Waals surface area (Å²) in [6, 6.07) is 0. The van der Waals surface area contributed by atoms with Crippen LogP contribution in [0.3, 0.4) is 0 Å². The van der Waals surface area contributed by atoms with Crippen LogP contribution in [-0.4, -0.2) is 29.2 Å². The number of halogens is 1. The zero-order valence-corrected chi connectivity index (χ0v) is 12.3. The van der Waals surface area contributed by atoms with E-state index >= 15 is 0 Å². The maximum atomic E-state index is 12.1. The van der Waals surface area contributed by atoms with Crippen LogP contribution < -0.4 is 0 Å². The van der Waals surface area contributed by atoms with Crippen molar-refractivity contribution in [2.75, 3.05) is 13.6 Å². The lowest BCUT2D eigenvalue weighted by atomic mass is 9.82. The second kappa shape index (κ2) is 6.63. The van der Waals surface area contributed by atoms with Crippen molar-refractivity contribution in [3.8, 4) is 0 Å². The molecule has 0 aromatic rings. The Morgan fingerprint density at radius 3 is 2.44 bits per heavy atom. The Morgan fingerprint density at radius 2 is 1.94 bits per heavy atom. The van der Waals surface area contributed by atoms with E-state index < -0.39 is 0 Å². The van der Waals surface area contributed by atoms with Gasteiger partial charge < -0.3 is 4.90 Å². The van der Waals surface area contributed by atoms with Crippen LogP contribution in [0, 0.1) is 11.8 Å². The zero-order valence-electron chi connectivity index (χ0n) is 10.7. The fourth-order valence-electron chi connectivity index (χ4n) is 2.30. The van der Waals surface area contributed by atoms with Gasteiger partial charge in [0.15, 0.2) is 0 Å². The van der Waals surface area contributed by atoms with Crippen LogP contribution in [0.2, 0.25) is 0 Å². The summed E-state index contributed by atoms with van der Waals surface area (Å²) in [6.07, 6.45) is 5.66.